The van der Waals surface area contributed by atoms with Crippen molar-refractivity contribution in [2.75, 3.05) is 0 Å². The number of aryl methyl sites for hydroxylation is 3. The van der Waals surface area contributed by atoms with Crippen LogP contribution in [0.5, 0.6) is 0 Å². The molecule has 0 radical (unpaired) electrons. The summed E-state index contributed by atoms with van der Waals surface area (Å²) < 4.78 is 1.67. The average molecular weight is 284 g/mol. The number of rotatable bonds is 4. The highest BCUT2D eigenvalue weighted by atomic mass is 16.2. The molecular weight excluding hydrogens is 264 g/mol. The summed E-state index contributed by atoms with van der Waals surface area (Å²) in [7, 11) is 0. The van der Waals surface area contributed by atoms with Gasteiger partial charge in [-0.2, -0.15) is 10.2 Å². The van der Waals surface area contributed by atoms with E-state index in [1.165, 1.54) is 5.56 Å². The Balaban J connectivity index is 1.98. The molecule has 0 aliphatic heterocycles. The molecule has 5 nitrogen and oxygen atoms in total. The second-order valence-corrected chi connectivity index (χ2v) is 5.18. The molecule has 0 bridgehead atoms. The van der Waals surface area contributed by atoms with Crippen LogP contribution in [0.1, 0.15) is 29.4 Å². The fourth-order valence-corrected chi connectivity index (χ4v) is 2.01. The minimum Gasteiger partial charge on any atom is -0.271 e. The van der Waals surface area contributed by atoms with Gasteiger partial charge in [0.05, 0.1) is 11.4 Å². The van der Waals surface area contributed by atoms with Crippen LogP contribution in [-0.4, -0.2) is 21.4 Å². The second kappa shape index (κ2) is 6.35. The molecule has 5 heteroatoms. The van der Waals surface area contributed by atoms with E-state index in [9.17, 15) is 4.79 Å². The SMILES string of the molecule is C/C(=N/NC(=O)Cn1nc(C)cc1C)c1ccc(C)cc1. The zero-order valence-electron chi connectivity index (χ0n) is 12.8. The van der Waals surface area contributed by atoms with Crippen molar-refractivity contribution in [3.05, 3.63) is 52.8 Å². The Morgan fingerprint density at radius 2 is 1.90 bits per heavy atom. The minimum absolute atomic E-state index is 0.171. The predicted molar refractivity (Wildman–Crippen MR) is 83.2 cm³/mol. The molecule has 0 atom stereocenters. The van der Waals surface area contributed by atoms with E-state index in [4.69, 9.17) is 0 Å². The molecule has 1 heterocycles. The lowest BCUT2D eigenvalue weighted by Gasteiger charge is -2.05. The Labute approximate surface area is 124 Å². The number of carbonyl (C=O) groups excluding carboxylic acids is 1. The maximum atomic E-state index is 11.9. The maximum absolute atomic E-state index is 11.9. The van der Waals surface area contributed by atoms with Crippen LogP contribution in [0.2, 0.25) is 0 Å². The van der Waals surface area contributed by atoms with Gasteiger partial charge in [-0.1, -0.05) is 29.8 Å². The van der Waals surface area contributed by atoms with Gasteiger partial charge in [-0.05, 0) is 39.3 Å². The monoisotopic (exact) mass is 284 g/mol. The number of nitrogens with zero attached hydrogens (tertiary/aromatic N) is 3. The molecule has 0 saturated carbocycles. The number of hydrogen-bond acceptors (Lipinski definition) is 3. The number of benzene rings is 1. The molecule has 0 aliphatic carbocycles. The fraction of sp³-hybridized carbons (Fsp3) is 0.312. The van der Waals surface area contributed by atoms with Gasteiger partial charge in [0.15, 0.2) is 0 Å². The number of hydrogen-bond donors (Lipinski definition) is 1. The minimum atomic E-state index is -0.187. The summed E-state index contributed by atoms with van der Waals surface area (Å²) in [5, 5.41) is 8.39. The van der Waals surface area contributed by atoms with Crippen molar-refractivity contribution in [3.63, 3.8) is 0 Å². The van der Waals surface area contributed by atoms with Crippen LogP contribution in [0.3, 0.4) is 0 Å². The molecule has 2 rings (SSSR count). The van der Waals surface area contributed by atoms with Gasteiger partial charge in [0.2, 0.25) is 0 Å². The van der Waals surface area contributed by atoms with Gasteiger partial charge in [0.1, 0.15) is 6.54 Å². The van der Waals surface area contributed by atoms with E-state index in [0.717, 1.165) is 22.7 Å². The molecule has 0 spiro atoms. The van der Waals surface area contributed by atoms with E-state index in [1.807, 2.05) is 58.0 Å². The molecule has 110 valence electrons. The number of hydrazone groups is 1. The summed E-state index contributed by atoms with van der Waals surface area (Å²) in [6, 6.07) is 9.95. The topological polar surface area (TPSA) is 59.3 Å². The van der Waals surface area contributed by atoms with E-state index in [1.54, 1.807) is 4.68 Å². The first-order valence-electron chi connectivity index (χ1n) is 6.87. The van der Waals surface area contributed by atoms with E-state index in [2.05, 4.69) is 15.6 Å². The van der Waals surface area contributed by atoms with Gasteiger partial charge >= 0.3 is 0 Å². The lowest BCUT2D eigenvalue weighted by atomic mass is 10.1. The Kier molecular flexibility index (Phi) is 4.52. The summed E-state index contributed by atoms with van der Waals surface area (Å²) in [6.07, 6.45) is 0. The Bertz CT molecular complexity index is 668. The third-order valence-electron chi connectivity index (χ3n) is 3.21. The van der Waals surface area contributed by atoms with E-state index in [-0.39, 0.29) is 12.5 Å². The van der Waals surface area contributed by atoms with Gasteiger partial charge in [-0.15, -0.1) is 0 Å². The quantitative estimate of drug-likeness (QED) is 0.692. The van der Waals surface area contributed by atoms with Crippen molar-refractivity contribution in [1.82, 2.24) is 15.2 Å². The Morgan fingerprint density at radius 3 is 2.48 bits per heavy atom. The molecule has 1 amide bonds. The first-order chi connectivity index (χ1) is 9.95. The lowest BCUT2D eigenvalue weighted by Crippen LogP contribution is -2.25. The summed E-state index contributed by atoms with van der Waals surface area (Å²) in [6.45, 7) is 7.90. The molecule has 0 fully saturated rings. The summed E-state index contributed by atoms with van der Waals surface area (Å²) in [5.41, 5.74) is 7.39. The zero-order chi connectivity index (χ0) is 15.4. The standard InChI is InChI=1S/C16H20N4O/c1-11-5-7-15(8-6-11)14(4)17-18-16(21)10-20-13(3)9-12(2)19-20/h5-9H,10H2,1-4H3,(H,18,21)/b17-14-. The molecule has 0 unspecified atom stereocenters. The summed E-state index contributed by atoms with van der Waals surface area (Å²) >= 11 is 0. The van der Waals surface area contributed by atoms with Gasteiger partial charge < -0.3 is 0 Å². The first-order valence-corrected chi connectivity index (χ1v) is 6.87. The molecule has 1 aromatic heterocycles. The molecule has 1 aromatic carbocycles. The lowest BCUT2D eigenvalue weighted by molar-refractivity contribution is -0.121. The van der Waals surface area contributed by atoms with Crippen LogP contribution in [0, 0.1) is 20.8 Å². The van der Waals surface area contributed by atoms with Crippen molar-refractivity contribution >= 4 is 11.6 Å². The van der Waals surface area contributed by atoms with Crippen molar-refractivity contribution in [2.24, 2.45) is 5.10 Å². The number of amides is 1. The highest BCUT2D eigenvalue weighted by molar-refractivity contribution is 5.99. The normalized spacial score (nSPS) is 11.5. The van der Waals surface area contributed by atoms with Crippen LogP contribution >= 0.6 is 0 Å². The molecule has 21 heavy (non-hydrogen) atoms. The number of nitrogens with one attached hydrogen (secondary N) is 1. The second-order valence-electron chi connectivity index (χ2n) is 5.18. The van der Waals surface area contributed by atoms with Crippen LogP contribution in [-0.2, 0) is 11.3 Å². The van der Waals surface area contributed by atoms with Crippen LogP contribution in [0.15, 0.2) is 35.4 Å². The summed E-state index contributed by atoms with van der Waals surface area (Å²) in [4.78, 5) is 11.9. The fourth-order valence-electron chi connectivity index (χ4n) is 2.01. The number of carbonyl (C=O) groups is 1. The van der Waals surface area contributed by atoms with Crippen LogP contribution < -0.4 is 5.43 Å². The Morgan fingerprint density at radius 1 is 1.24 bits per heavy atom. The van der Waals surface area contributed by atoms with Crippen LogP contribution in [0.25, 0.3) is 0 Å². The maximum Gasteiger partial charge on any atom is 0.261 e. The van der Waals surface area contributed by atoms with Crippen molar-refractivity contribution in [3.8, 4) is 0 Å². The van der Waals surface area contributed by atoms with E-state index in [0.29, 0.717) is 0 Å². The third-order valence-corrected chi connectivity index (χ3v) is 3.21. The van der Waals surface area contributed by atoms with Crippen molar-refractivity contribution in [2.45, 2.75) is 34.2 Å². The van der Waals surface area contributed by atoms with Gasteiger partial charge in [0.25, 0.3) is 5.91 Å². The average Bonchev–Trinajstić information content (AvgIpc) is 2.75. The molecule has 0 aliphatic rings. The molecule has 1 N–H and O–H groups in total. The first kappa shape index (κ1) is 15.0. The van der Waals surface area contributed by atoms with E-state index >= 15 is 0 Å². The zero-order valence-corrected chi connectivity index (χ0v) is 12.8. The largest absolute Gasteiger partial charge is 0.271 e. The smallest absolute Gasteiger partial charge is 0.261 e. The highest BCUT2D eigenvalue weighted by Crippen LogP contribution is 2.04. The number of aromatic nitrogens is 2. The predicted octanol–water partition coefficient (Wildman–Crippen LogP) is 2.35. The highest BCUT2D eigenvalue weighted by Gasteiger charge is 2.06. The van der Waals surface area contributed by atoms with Crippen molar-refractivity contribution in [1.29, 1.82) is 0 Å². The molecular formula is C16H20N4O. The van der Waals surface area contributed by atoms with Crippen LogP contribution in [0.4, 0.5) is 0 Å². The van der Waals surface area contributed by atoms with Gasteiger partial charge in [0, 0.05) is 5.69 Å². The molecule has 0 saturated heterocycles. The Hall–Kier alpha value is -2.43. The van der Waals surface area contributed by atoms with Gasteiger partial charge in [-0.25, -0.2) is 5.43 Å². The van der Waals surface area contributed by atoms with Gasteiger partial charge in [-0.3, -0.25) is 9.48 Å². The van der Waals surface area contributed by atoms with Crippen molar-refractivity contribution < 1.29 is 4.79 Å². The molecule has 2 aromatic rings. The third kappa shape index (κ3) is 4.02. The van der Waals surface area contributed by atoms with E-state index < -0.39 is 0 Å². The summed E-state index contributed by atoms with van der Waals surface area (Å²) in [5.74, 6) is -0.187.